The molecule has 2 fully saturated rings. The lowest BCUT2D eigenvalue weighted by Crippen LogP contribution is -2.45. The number of hydrogen-bond acceptors (Lipinski definition) is 10. The summed E-state index contributed by atoms with van der Waals surface area (Å²) in [5, 5.41) is 0. The van der Waals surface area contributed by atoms with Crippen molar-refractivity contribution in [2.75, 3.05) is 13.2 Å². The molecule has 6 atom stereocenters. The van der Waals surface area contributed by atoms with Crippen LogP contribution in [-0.2, 0) is 47.6 Å². The van der Waals surface area contributed by atoms with Crippen LogP contribution < -0.4 is 0 Å². The van der Waals surface area contributed by atoms with Crippen LogP contribution in [0.25, 0.3) is 0 Å². The van der Waals surface area contributed by atoms with Gasteiger partial charge in [-0.2, -0.15) is 0 Å². The van der Waals surface area contributed by atoms with Gasteiger partial charge in [-0.1, -0.05) is 27.7 Å². The van der Waals surface area contributed by atoms with Crippen molar-refractivity contribution in [1.82, 2.24) is 0 Å². The Morgan fingerprint density at radius 1 is 1.09 bits per heavy atom. The smallest absolute Gasteiger partial charge is 0.348 e. The molecule has 0 aromatic heterocycles. The Labute approximate surface area is 199 Å². The van der Waals surface area contributed by atoms with Gasteiger partial charge in [0, 0.05) is 37.7 Å². The highest BCUT2D eigenvalue weighted by atomic mass is 16.7. The average Bonchev–Trinajstić information content (AvgIpc) is 3.44. The van der Waals surface area contributed by atoms with Gasteiger partial charge >= 0.3 is 23.9 Å². The standard InChI is InChI=1S/C24H34O10/c1-12(2)7-19(27)34-23-20-17(8-18(32-14(5)25)24(20)11-31-24)16(10-30-23)9-29-22(28)21(13(3)4)33-15(6)26/h10,12-13,17-18,20-21,23H,7-9,11H2,1-6H3. The summed E-state index contributed by atoms with van der Waals surface area (Å²) in [7, 11) is 0. The van der Waals surface area contributed by atoms with Crippen LogP contribution in [-0.4, -0.2) is 61.2 Å². The number of carbonyl (C=O) groups is 4. The Kier molecular flexibility index (Phi) is 7.90. The van der Waals surface area contributed by atoms with Crippen LogP contribution in [0, 0.1) is 23.7 Å². The molecule has 10 nitrogen and oxygen atoms in total. The first-order valence-corrected chi connectivity index (χ1v) is 11.6. The molecule has 3 rings (SSSR count). The Balaban J connectivity index is 1.77. The molecule has 2 heterocycles. The van der Waals surface area contributed by atoms with Crippen molar-refractivity contribution in [1.29, 1.82) is 0 Å². The van der Waals surface area contributed by atoms with Crippen LogP contribution in [0.5, 0.6) is 0 Å². The minimum atomic E-state index is -1.03. The summed E-state index contributed by atoms with van der Waals surface area (Å²) in [4.78, 5) is 48.0. The van der Waals surface area contributed by atoms with Crippen LogP contribution in [0.3, 0.4) is 0 Å². The lowest BCUT2D eigenvalue weighted by molar-refractivity contribution is -0.192. The number of hydrogen-bond donors (Lipinski definition) is 0. The third kappa shape index (κ3) is 5.71. The van der Waals surface area contributed by atoms with E-state index in [4.69, 9.17) is 28.4 Å². The SMILES string of the molecule is CC(=O)OC(C(=O)OCC1=COC(OC(=O)CC(C)C)C2C1CC(OC(C)=O)C21CO1)C(C)C. The highest BCUT2D eigenvalue weighted by Crippen LogP contribution is 2.57. The predicted octanol–water partition coefficient (Wildman–Crippen LogP) is 2.28. The van der Waals surface area contributed by atoms with Crippen LogP contribution in [0.4, 0.5) is 0 Å². The van der Waals surface area contributed by atoms with Gasteiger partial charge in [0.15, 0.2) is 0 Å². The topological polar surface area (TPSA) is 127 Å². The molecule has 190 valence electrons. The Morgan fingerprint density at radius 2 is 1.76 bits per heavy atom. The quantitative estimate of drug-likeness (QED) is 0.274. The molecule has 0 aromatic rings. The van der Waals surface area contributed by atoms with E-state index in [9.17, 15) is 19.2 Å². The largest absolute Gasteiger partial charge is 0.462 e. The fourth-order valence-corrected chi connectivity index (χ4v) is 4.70. The van der Waals surface area contributed by atoms with E-state index >= 15 is 0 Å². The van der Waals surface area contributed by atoms with Crippen LogP contribution in [0.15, 0.2) is 11.8 Å². The van der Waals surface area contributed by atoms with Crippen molar-refractivity contribution in [2.45, 2.75) is 78.5 Å². The molecule has 0 amide bonds. The van der Waals surface area contributed by atoms with E-state index in [1.807, 2.05) is 13.8 Å². The third-order valence-corrected chi connectivity index (χ3v) is 6.25. The minimum Gasteiger partial charge on any atom is -0.462 e. The first kappa shape index (κ1) is 26.0. The zero-order valence-electron chi connectivity index (χ0n) is 20.5. The summed E-state index contributed by atoms with van der Waals surface area (Å²) in [6.45, 7) is 10.1. The number of rotatable bonds is 9. The molecule has 1 saturated carbocycles. The maximum atomic E-state index is 12.6. The first-order valence-electron chi connectivity index (χ1n) is 11.6. The van der Waals surface area contributed by atoms with Crippen molar-refractivity contribution in [3.63, 3.8) is 0 Å². The maximum absolute atomic E-state index is 12.6. The minimum absolute atomic E-state index is 0.111. The fraction of sp³-hybridized carbons (Fsp3) is 0.750. The second-order valence-corrected chi connectivity index (χ2v) is 9.88. The molecule has 6 unspecified atom stereocenters. The fourth-order valence-electron chi connectivity index (χ4n) is 4.70. The molecule has 0 radical (unpaired) electrons. The van der Waals surface area contributed by atoms with Crippen molar-refractivity contribution in [3.8, 4) is 0 Å². The molecule has 1 saturated heterocycles. The van der Waals surface area contributed by atoms with Gasteiger partial charge in [0.05, 0.1) is 18.8 Å². The number of esters is 4. The summed E-state index contributed by atoms with van der Waals surface area (Å²) in [5.74, 6) is -2.92. The molecular formula is C24H34O10. The van der Waals surface area contributed by atoms with Crippen LogP contribution in [0.2, 0.25) is 0 Å². The normalized spacial score (nSPS) is 30.2. The van der Waals surface area contributed by atoms with E-state index in [1.165, 1.54) is 20.1 Å². The van der Waals surface area contributed by atoms with E-state index in [0.717, 1.165) is 0 Å². The van der Waals surface area contributed by atoms with E-state index in [0.29, 0.717) is 18.6 Å². The molecule has 1 spiro atoms. The number of epoxide rings is 1. The van der Waals surface area contributed by atoms with Crippen LogP contribution in [0.1, 0.15) is 54.4 Å². The van der Waals surface area contributed by atoms with E-state index in [1.54, 1.807) is 13.8 Å². The van der Waals surface area contributed by atoms with Gasteiger partial charge in [-0.25, -0.2) is 4.79 Å². The molecule has 1 aliphatic carbocycles. The number of ether oxygens (including phenoxy) is 6. The molecule has 3 aliphatic rings. The number of carbonyl (C=O) groups excluding carboxylic acids is 4. The van der Waals surface area contributed by atoms with Crippen molar-refractivity contribution in [3.05, 3.63) is 11.8 Å². The number of fused-ring (bicyclic) bond motifs is 2. The Bertz CT molecular complexity index is 841. The summed E-state index contributed by atoms with van der Waals surface area (Å²) in [6, 6.07) is 0. The van der Waals surface area contributed by atoms with Crippen molar-refractivity contribution >= 4 is 23.9 Å². The molecule has 0 N–H and O–H groups in total. The summed E-state index contributed by atoms with van der Waals surface area (Å²) in [6.07, 6.45) is -0.408. The molecular weight excluding hydrogens is 448 g/mol. The predicted molar refractivity (Wildman–Crippen MR) is 116 cm³/mol. The lowest BCUT2D eigenvalue weighted by Gasteiger charge is -2.35. The van der Waals surface area contributed by atoms with E-state index in [-0.39, 0.29) is 30.8 Å². The van der Waals surface area contributed by atoms with Gasteiger partial charge in [-0.15, -0.1) is 0 Å². The zero-order chi connectivity index (χ0) is 25.2. The van der Waals surface area contributed by atoms with Gasteiger partial charge in [-0.3, -0.25) is 14.4 Å². The second-order valence-electron chi connectivity index (χ2n) is 9.88. The molecule has 0 bridgehead atoms. The third-order valence-electron chi connectivity index (χ3n) is 6.25. The van der Waals surface area contributed by atoms with E-state index in [2.05, 4.69) is 0 Å². The van der Waals surface area contributed by atoms with Crippen molar-refractivity contribution in [2.24, 2.45) is 23.7 Å². The Hall–Kier alpha value is -2.62. The molecule has 34 heavy (non-hydrogen) atoms. The van der Waals surface area contributed by atoms with Gasteiger partial charge < -0.3 is 28.4 Å². The molecule has 0 aromatic carbocycles. The summed E-state index contributed by atoms with van der Waals surface area (Å²) in [5.41, 5.74) is -0.176. The van der Waals surface area contributed by atoms with Crippen LogP contribution >= 0.6 is 0 Å². The van der Waals surface area contributed by atoms with Gasteiger partial charge in [0.1, 0.15) is 18.3 Å². The van der Waals surface area contributed by atoms with Gasteiger partial charge in [-0.05, 0) is 12.3 Å². The highest BCUT2D eigenvalue weighted by Gasteiger charge is 2.70. The second kappa shape index (κ2) is 10.3. The molecule has 2 aliphatic heterocycles. The lowest BCUT2D eigenvalue weighted by atomic mass is 9.83. The summed E-state index contributed by atoms with van der Waals surface area (Å²) >= 11 is 0. The summed E-state index contributed by atoms with van der Waals surface area (Å²) < 4.78 is 33.3. The molecule has 10 heteroatoms. The van der Waals surface area contributed by atoms with E-state index < -0.39 is 53.9 Å². The van der Waals surface area contributed by atoms with Gasteiger partial charge in [0.25, 0.3) is 0 Å². The first-order chi connectivity index (χ1) is 15.9. The maximum Gasteiger partial charge on any atom is 0.348 e. The Morgan fingerprint density at radius 3 is 2.29 bits per heavy atom. The highest BCUT2D eigenvalue weighted by molar-refractivity contribution is 5.79. The van der Waals surface area contributed by atoms with Crippen molar-refractivity contribution < 1.29 is 47.6 Å². The van der Waals surface area contributed by atoms with Gasteiger partial charge in [0.2, 0.25) is 12.4 Å². The monoisotopic (exact) mass is 482 g/mol. The zero-order valence-corrected chi connectivity index (χ0v) is 20.5. The average molecular weight is 483 g/mol.